The molecule has 2 aliphatic heterocycles. The van der Waals surface area contributed by atoms with Crippen molar-refractivity contribution in [3.63, 3.8) is 0 Å². The summed E-state index contributed by atoms with van der Waals surface area (Å²) in [6.07, 6.45) is 0.635. The van der Waals surface area contributed by atoms with Crippen LogP contribution in [-0.4, -0.2) is 84.5 Å². The van der Waals surface area contributed by atoms with Gasteiger partial charge in [-0.05, 0) is 25.9 Å². The topological polar surface area (TPSA) is 64.1 Å². The molecule has 1 unspecified atom stereocenters. The summed E-state index contributed by atoms with van der Waals surface area (Å²) in [6.45, 7) is 8.83. The zero-order valence-corrected chi connectivity index (χ0v) is 13.3. The van der Waals surface area contributed by atoms with Crippen LogP contribution in [0.4, 0.5) is 0 Å². The third-order valence-electron chi connectivity index (χ3n) is 5.13. The molecule has 0 radical (unpaired) electrons. The van der Waals surface area contributed by atoms with Crippen LogP contribution in [0.1, 0.15) is 20.3 Å². The number of rotatable bonds is 4. The van der Waals surface area contributed by atoms with Crippen LogP contribution in [0.3, 0.4) is 0 Å². The van der Waals surface area contributed by atoms with E-state index in [0.717, 1.165) is 26.2 Å². The van der Waals surface area contributed by atoms with Crippen LogP contribution < -0.4 is 0 Å². The molecule has 0 saturated carbocycles. The summed E-state index contributed by atoms with van der Waals surface area (Å²) >= 11 is 0. The molecule has 21 heavy (non-hydrogen) atoms. The van der Waals surface area contributed by atoms with E-state index in [-0.39, 0.29) is 11.8 Å². The predicted octanol–water partition coefficient (Wildman–Crippen LogP) is 0.193. The van der Waals surface area contributed by atoms with Gasteiger partial charge in [-0.2, -0.15) is 0 Å². The number of hydrogen-bond donors (Lipinski definition) is 1. The molecular weight excluding hydrogens is 270 g/mol. The van der Waals surface area contributed by atoms with Crippen LogP contribution >= 0.6 is 0 Å². The first-order valence-electron chi connectivity index (χ1n) is 7.77. The van der Waals surface area contributed by atoms with E-state index in [9.17, 15) is 14.7 Å². The minimum absolute atomic E-state index is 0.0822. The molecule has 0 aliphatic carbocycles. The van der Waals surface area contributed by atoms with Crippen molar-refractivity contribution in [3.05, 3.63) is 0 Å². The molecule has 2 saturated heterocycles. The molecule has 2 fully saturated rings. The van der Waals surface area contributed by atoms with Crippen molar-refractivity contribution in [2.24, 2.45) is 11.3 Å². The standard InChI is InChI=1S/C15H27N3O3/c1-12(2)15(14(20)21)4-5-17(11-15)10-13(19)18-8-6-16(3)7-9-18/h12H,4-11H2,1-3H3,(H,20,21). The maximum atomic E-state index is 12.3. The summed E-state index contributed by atoms with van der Waals surface area (Å²) < 4.78 is 0. The summed E-state index contributed by atoms with van der Waals surface area (Å²) in [5.41, 5.74) is -0.692. The van der Waals surface area contributed by atoms with Gasteiger partial charge in [0.2, 0.25) is 5.91 Å². The van der Waals surface area contributed by atoms with Crippen molar-refractivity contribution in [2.45, 2.75) is 20.3 Å². The lowest BCUT2D eigenvalue weighted by Gasteiger charge is -2.34. The Morgan fingerprint density at radius 1 is 1.14 bits per heavy atom. The maximum absolute atomic E-state index is 12.3. The Bertz CT molecular complexity index is 405. The van der Waals surface area contributed by atoms with E-state index >= 15 is 0 Å². The van der Waals surface area contributed by atoms with Gasteiger partial charge in [0.1, 0.15) is 0 Å². The van der Waals surface area contributed by atoms with Crippen molar-refractivity contribution in [2.75, 3.05) is 52.9 Å². The quantitative estimate of drug-likeness (QED) is 0.803. The van der Waals surface area contributed by atoms with E-state index in [4.69, 9.17) is 0 Å². The summed E-state index contributed by atoms with van der Waals surface area (Å²) in [5, 5.41) is 9.54. The Balaban J connectivity index is 1.90. The number of likely N-dealkylation sites (N-methyl/N-ethyl adjacent to an activating group) is 1. The van der Waals surface area contributed by atoms with Gasteiger partial charge in [0.05, 0.1) is 12.0 Å². The van der Waals surface area contributed by atoms with Crippen LogP contribution in [-0.2, 0) is 9.59 Å². The second-order valence-corrected chi connectivity index (χ2v) is 6.76. The molecule has 1 amide bonds. The molecule has 0 aromatic carbocycles. The summed E-state index contributed by atoms with van der Waals surface area (Å²) in [5.74, 6) is -0.515. The largest absolute Gasteiger partial charge is 0.481 e. The molecule has 6 heteroatoms. The summed E-state index contributed by atoms with van der Waals surface area (Å²) in [4.78, 5) is 30.1. The molecule has 0 bridgehead atoms. The number of carbonyl (C=O) groups is 2. The third-order valence-corrected chi connectivity index (χ3v) is 5.13. The lowest BCUT2D eigenvalue weighted by atomic mass is 9.76. The van der Waals surface area contributed by atoms with Crippen LogP contribution in [0.2, 0.25) is 0 Å². The van der Waals surface area contributed by atoms with Crippen LogP contribution in [0.15, 0.2) is 0 Å². The lowest BCUT2D eigenvalue weighted by molar-refractivity contribution is -0.151. The Morgan fingerprint density at radius 2 is 1.76 bits per heavy atom. The maximum Gasteiger partial charge on any atom is 0.311 e. The molecule has 2 heterocycles. The normalized spacial score (nSPS) is 28.3. The van der Waals surface area contributed by atoms with Gasteiger partial charge < -0.3 is 14.9 Å². The van der Waals surface area contributed by atoms with Gasteiger partial charge >= 0.3 is 5.97 Å². The molecule has 0 aromatic rings. The van der Waals surface area contributed by atoms with Crippen molar-refractivity contribution in [1.82, 2.24) is 14.7 Å². The van der Waals surface area contributed by atoms with E-state index < -0.39 is 11.4 Å². The molecular formula is C15H27N3O3. The second-order valence-electron chi connectivity index (χ2n) is 6.76. The zero-order valence-electron chi connectivity index (χ0n) is 13.3. The van der Waals surface area contributed by atoms with Gasteiger partial charge in [-0.1, -0.05) is 13.8 Å². The van der Waals surface area contributed by atoms with Crippen molar-refractivity contribution in [1.29, 1.82) is 0 Å². The van der Waals surface area contributed by atoms with Gasteiger partial charge in [-0.3, -0.25) is 14.5 Å². The third kappa shape index (κ3) is 3.37. The molecule has 2 rings (SSSR count). The molecule has 0 spiro atoms. The number of carbonyl (C=O) groups excluding carboxylic acids is 1. The molecule has 120 valence electrons. The fourth-order valence-corrected chi connectivity index (χ4v) is 3.29. The smallest absolute Gasteiger partial charge is 0.311 e. The molecule has 6 nitrogen and oxygen atoms in total. The Kier molecular flexibility index (Phi) is 4.88. The van der Waals surface area contributed by atoms with Crippen molar-refractivity contribution in [3.8, 4) is 0 Å². The Hall–Kier alpha value is -1.14. The average molecular weight is 297 g/mol. The van der Waals surface area contributed by atoms with E-state index in [2.05, 4.69) is 11.9 Å². The SMILES string of the molecule is CC(C)C1(C(=O)O)CCN(CC(=O)N2CCN(C)CC2)C1. The highest BCUT2D eigenvalue weighted by Crippen LogP contribution is 2.38. The van der Waals surface area contributed by atoms with E-state index in [1.165, 1.54) is 0 Å². The van der Waals surface area contributed by atoms with Gasteiger partial charge in [-0.15, -0.1) is 0 Å². The number of aliphatic carboxylic acids is 1. The van der Waals surface area contributed by atoms with Gasteiger partial charge in [0, 0.05) is 32.7 Å². The first-order chi connectivity index (χ1) is 9.85. The van der Waals surface area contributed by atoms with Crippen molar-refractivity contribution < 1.29 is 14.7 Å². The molecule has 1 atom stereocenters. The molecule has 0 aromatic heterocycles. The number of likely N-dealkylation sites (tertiary alicyclic amines) is 1. The molecule has 1 N–H and O–H groups in total. The minimum Gasteiger partial charge on any atom is -0.481 e. The zero-order chi connectivity index (χ0) is 15.6. The minimum atomic E-state index is -0.730. The van der Waals surface area contributed by atoms with Gasteiger partial charge in [0.15, 0.2) is 0 Å². The van der Waals surface area contributed by atoms with Crippen LogP contribution in [0, 0.1) is 11.3 Å². The molecule has 2 aliphatic rings. The summed E-state index contributed by atoms with van der Waals surface area (Å²) in [7, 11) is 2.06. The van der Waals surface area contributed by atoms with Crippen molar-refractivity contribution >= 4 is 11.9 Å². The fourth-order valence-electron chi connectivity index (χ4n) is 3.29. The van der Waals surface area contributed by atoms with Gasteiger partial charge in [-0.25, -0.2) is 0 Å². The van der Waals surface area contributed by atoms with E-state index in [0.29, 0.717) is 26.1 Å². The van der Waals surface area contributed by atoms with E-state index in [1.54, 1.807) is 0 Å². The van der Waals surface area contributed by atoms with Gasteiger partial charge in [0.25, 0.3) is 0 Å². The number of piperazine rings is 1. The van der Waals surface area contributed by atoms with Crippen LogP contribution in [0.5, 0.6) is 0 Å². The number of carboxylic acids is 1. The number of carboxylic acid groups (broad SMARTS) is 1. The average Bonchev–Trinajstić information content (AvgIpc) is 2.85. The highest BCUT2D eigenvalue weighted by atomic mass is 16.4. The van der Waals surface area contributed by atoms with Crippen LogP contribution in [0.25, 0.3) is 0 Å². The first-order valence-corrected chi connectivity index (χ1v) is 7.77. The Morgan fingerprint density at radius 3 is 2.24 bits per heavy atom. The highest BCUT2D eigenvalue weighted by molar-refractivity contribution is 5.79. The monoisotopic (exact) mass is 297 g/mol. The highest BCUT2D eigenvalue weighted by Gasteiger charge is 2.47. The van der Waals surface area contributed by atoms with E-state index in [1.807, 2.05) is 23.6 Å². The lowest BCUT2D eigenvalue weighted by Crippen LogP contribution is -2.50. The number of nitrogens with zero attached hydrogens (tertiary/aromatic N) is 3. The number of hydrogen-bond acceptors (Lipinski definition) is 4. The first kappa shape index (κ1) is 16.2. The summed E-state index contributed by atoms with van der Waals surface area (Å²) in [6, 6.07) is 0. The predicted molar refractivity (Wildman–Crippen MR) is 80.0 cm³/mol. The second kappa shape index (κ2) is 6.32. The Labute approximate surface area is 126 Å². The fraction of sp³-hybridized carbons (Fsp3) is 0.867. The number of amides is 1.